The molecule has 1 aromatic rings. The number of rotatable bonds is 5. The molecule has 1 rings (SSSR count). The van der Waals surface area contributed by atoms with Crippen molar-refractivity contribution in [3.8, 4) is 6.07 Å². The van der Waals surface area contributed by atoms with Crippen molar-refractivity contribution >= 4 is 5.82 Å². The van der Waals surface area contributed by atoms with Gasteiger partial charge in [-0.05, 0) is 25.8 Å². The summed E-state index contributed by atoms with van der Waals surface area (Å²) in [4.78, 5) is 0. The van der Waals surface area contributed by atoms with Crippen molar-refractivity contribution in [1.29, 1.82) is 5.26 Å². The molecule has 0 saturated carbocycles. The lowest BCUT2D eigenvalue weighted by Crippen LogP contribution is -2.18. The fourth-order valence-electron chi connectivity index (χ4n) is 2.28. The van der Waals surface area contributed by atoms with E-state index in [4.69, 9.17) is 15.7 Å². The van der Waals surface area contributed by atoms with Crippen LogP contribution in [0.2, 0.25) is 0 Å². The fraction of sp³-hybridized carbons (Fsp3) is 0.615. The molecular formula is C13H21N3O. The van der Waals surface area contributed by atoms with Crippen LogP contribution in [0.15, 0.2) is 0 Å². The Morgan fingerprint density at radius 3 is 2.53 bits per heavy atom. The molecule has 0 aliphatic heterocycles. The molecule has 1 atom stereocenters. The number of aromatic nitrogens is 1. The highest BCUT2D eigenvalue weighted by Gasteiger charge is 2.20. The highest BCUT2D eigenvalue weighted by Crippen LogP contribution is 2.29. The van der Waals surface area contributed by atoms with Crippen LogP contribution in [-0.2, 0) is 4.74 Å². The van der Waals surface area contributed by atoms with E-state index in [1.807, 2.05) is 18.4 Å². The Bertz CT molecular complexity index is 423. The third kappa shape index (κ3) is 2.45. The van der Waals surface area contributed by atoms with E-state index in [0.29, 0.717) is 18.0 Å². The van der Waals surface area contributed by atoms with Gasteiger partial charge in [-0.15, -0.1) is 0 Å². The normalized spacial score (nSPS) is 12.4. The summed E-state index contributed by atoms with van der Waals surface area (Å²) >= 11 is 0. The van der Waals surface area contributed by atoms with Crippen molar-refractivity contribution in [1.82, 2.24) is 4.57 Å². The van der Waals surface area contributed by atoms with Crippen molar-refractivity contribution in [3.63, 3.8) is 0 Å². The van der Waals surface area contributed by atoms with Crippen LogP contribution in [0.3, 0.4) is 0 Å². The lowest BCUT2D eigenvalue weighted by Gasteiger charge is -2.21. The monoisotopic (exact) mass is 235 g/mol. The zero-order chi connectivity index (χ0) is 13.0. The Hall–Kier alpha value is -1.47. The Balaban J connectivity index is 3.24. The van der Waals surface area contributed by atoms with Crippen molar-refractivity contribution in [2.45, 2.75) is 39.7 Å². The molecule has 4 heteroatoms. The third-order valence-electron chi connectivity index (χ3n) is 3.25. The first-order valence-corrected chi connectivity index (χ1v) is 5.94. The van der Waals surface area contributed by atoms with Crippen LogP contribution in [0.5, 0.6) is 0 Å². The number of nitrogen functional groups attached to an aromatic ring is 1. The quantitative estimate of drug-likeness (QED) is 0.853. The molecule has 1 unspecified atom stereocenters. The van der Waals surface area contributed by atoms with E-state index in [2.05, 4.69) is 13.0 Å². The molecular weight excluding hydrogens is 214 g/mol. The zero-order valence-corrected chi connectivity index (χ0v) is 11.1. The van der Waals surface area contributed by atoms with E-state index in [1.54, 1.807) is 7.11 Å². The molecule has 0 fully saturated rings. The Morgan fingerprint density at radius 1 is 1.47 bits per heavy atom. The number of hydrogen-bond acceptors (Lipinski definition) is 3. The first-order chi connectivity index (χ1) is 8.08. The molecule has 0 bridgehead atoms. The van der Waals surface area contributed by atoms with Crippen LogP contribution >= 0.6 is 0 Å². The second-order valence-corrected chi connectivity index (χ2v) is 4.35. The van der Waals surface area contributed by atoms with Crippen LogP contribution in [0.1, 0.15) is 42.6 Å². The molecule has 0 aliphatic carbocycles. The van der Waals surface area contributed by atoms with Gasteiger partial charge in [-0.1, -0.05) is 13.3 Å². The van der Waals surface area contributed by atoms with Crippen LogP contribution in [0, 0.1) is 25.2 Å². The van der Waals surface area contributed by atoms with Gasteiger partial charge in [0.1, 0.15) is 11.9 Å². The maximum Gasteiger partial charge on any atom is 0.122 e. The standard InChI is InChI=1S/C13H21N3O/c1-5-6-11(8-17-4)16-10(3)9(2)12(7-14)13(16)15/h11H,5-6,8,15H2,1-4H3. The summed E-state index contributed by atoms with van der Waals surface area (Å²) in [6.45, 7) is 6.70. The first-order valence-electron chi connectivity index (χ1n) is 5.94. The van der Waals surface area contributed by atoms with Gasteiger partial charge in [0.2, 0.25) is 0 Å². The van der Waals surface area contributed by atoms with E-state index in [1.165, 1.54) is 0 Å². The van der Waals surface area contributed by atoms with Gasteiger partial charge >= 0.3 is 0 Å². The number of hydrogen-bond donors (Lipinski definition) is 1. The second kappa shape index (κ2) is 5.74. The molecule has 0 aliphatic rings. The highest BCUT2D eigenvalue weighted by atomic mass is 16.5. The maximum atomic E-state index is 9.10. The summed E-state index contributed by atoms with van der Waals surface area (Å²) in [7, 11) is 1.69. The van der Waals surface area contributed by atoms with Crippen LogP contribution in [-0.4, -0.2) is 18.3 Å². The number of nitrogens with two attached hydrogens (primary N) is 1. The topological polar surface area (TPSA) is 64.0 Å². The highest BCUT2D eigenvalue weighted by molar-refractivity contribution is 5.58. The molecule has 1 aromatic heterocycles. The van der Waals surface area contributed by atoms with Crippen LogP contribution in [0.25, 0.3) is 0 Å². The summed E-state index contributed by atoms with van der Waals surface area (Å²) in [5.74, 6) is 0.568. The van der Waals surface area contributed by atoms with Gasteiger partial charge in [0.05, 0.1) is 18.2 Å². The molecule has 2 N–H and O–H groups in total. The minimum Gasteiger partial charge on any atom is -0.384 e. The summed E-state index contributed by atoms with van der Waals surface area (Å²) < 4.78 is 7.29. The predicted molar refractivity (Wildman–Crippen MR) is 68.9 cm³/mol. The maximum absolute atomic E-state index is 9.10. The Labute approximate surface area is 103 Å². The minimum atomic E-state index is 0.214. The summed E-state index contributed by atoms with van der Waals surface area (Å²) in [6, 6.07) is 2.39. The number of nitrogens with zero attached hydrogens (tertiary/aromatic N) is 2. The Kier molecular flexibility index (Phi) is 4.59. The number of nitriles is 1. The van der Waals surface area contributed by atoms with E-state index in [9.17, 15) is 0 Å². The minimum absolute atomic E-state index is 0.214. The van der Waals surface area contributed by atoms with Gasteiger partial charge in [-0.3, -0.25) is 0 Å². The van der Waals surface area contributed by atoms with E-state index in [-0.39, 0.29) is 6.04 Å². The van der Waals surface area contributed by atoms with Gasteiger partial charge in [0.15, 0.2) is 0 Å². The fourth-order valence-corrected chi connectivity index (χ4v) is 2.28. The van der Waals surface area contributed by atoms with Gasteiger partial charge in [-0.25, -0.2) is 0 Å². The lowest BCUT2D eigenvalue weighted by molar-refractivity contribution is 0.150. The number of methoxy groups -OCH3 is 1. The summed E-state index contributed by atoms with van der Waals surface area (Å²) in [5, 5.41) is 9.10. The Morgan fingerprint density at radius 2 is 2.12 bits per heavy atom. The predicted octanol–water partition coefficient (Wildman–Crippen LogP) is 2.55. The van der Waals surface area contributed by atoms with E-state index >= 15 is 0 Å². The van der Waals surface area contributed by atoms with Gasteiger partial charge < -0.3 is 15.0 Å². The average molecular weight is 235 g/mol. The molecule has 0 amide bonds. The van der Waals surface area contributed by atoms with E-state index in [0.717, 1.165) is 24.1 Å². The van der Waals surface area contributed by atoms with Crippen molar-refractivity contribution in [2.24, 2.45) is 0 Å². The van der Waals surface area contributed by atoms with Crippen molar-refractivity contribution in [2.75, 3.05) is 19.5 Å². The average Bonchev–Trinajstić information content (AvgIpc) is 2.50. The van der Waals surface area contributed by atoms with E-state index < -0.39 is 0 Å². The molecule has 0 spiro atoms. The zero-order valence-electron chi connectivity index (χ0n) is 11.1. The first kappa shape index (κ1) is 13.6. The largest absolute Gasteiger partial charge is 0.384 e. The van der Waals surface area contributed by atoms with Gasteiger partial charge in [0.25, 0.3) is 0 Å². The second-order valence-electron chi connectivity index (χ2n) is 4.35. The molecule has 0 aromatic carbocycles. The molecule has 1 heterocycles. The molecule has 0 radical (unpaired) electrons. The molecule has 17 heavy (non-hydrogen) atoms. The summed E-state index contributed by atoms with van der Waals surface area (Å²) in [5.41, 5.74) is 8.70. The third-order valence-corrected chi connectivity index (χ3v) is 3.25. The summed E-state index contributed by atoms with van der Waals surface area (Å²) in [6.07, 6.45) is 2.06. The van der Waals surface area contributed by atoms with Crippen LogP contribution in [0.4, 0.5) is 5.82 Å². The smallest absolute Gasteiger partial charge is 0.122 e. The van der Waals surface area contributed by atoms with Gasteiger partial charge in [0, 0.05) is 12.8 Å². The SMILES string of the molecule is CCCC(COC)n1c(C)c(C)c(C#N)c1N. The van der Waals surface area contributed by atoms with Crippen molar-refractivity contribution < 1.29 is 4.74 Å². The lowest BCUT2D eigenvalue weighted by atomic mass is 10.1. The van der Waals surface area contributed by atoms with Gasteiger partial charge in [-0.2, -0.15) is 5.26 Å². The molecule has 94 valence electrons. The number of anilines is 1. The molecule has 4 nitrogen and oxygen atoms in total. The molecule has 0 saturated heterocycles. The number of ether oxygens (including phenoxy) is 1. The van der Waals surface area contributed by atoms with Crippen molar-refractivity contribution in [3.05, 3.63) is 16.8 Å². The van der Waals surface area contributed by atoms with Crippen LogP contribution < -0.4 is 5.73 Å².